The second-order valence-corrected chi connectivity index (χ2v) is 11.9. The van der Waals surface area contributed by atoms with Gasteiger partial charge in [-0.05, 0) is 0 Å². The Hall–Kier alpha value is -0.527. The van der Waals surface area contributed by atoms with Gasteiger partial charge >= 0.3 is 108 Å². The van der Waals surface area contributed by atoms with Gasteiger partial charge in [0, 0.05) is 0 Å². The van der Waals surface area contributed by atoms with Crippen molar-refractivity contribution in [1.82, 2.24) is 0 Å². The fourth-order valence-electron chi connectivity index (χ4n) is 1.24. The van der Waals surface area contributed by atoms with E-state index in [4.69, 9.17) is 0 Å². The summed E-state index contributed by atoms with van der Waals surface area (Å²) in [6, 6.07) is 0.994. The maximum atomic E-state index is 12.4. The Morgan fingerprint density at radius 1 is 0.632 bits per heavy atom. The molecule has 0 amide bonds. The van der Waals surface area contributed by atoms with Gasteiger partial charge in [0.15, 0.2) is 0 Å². The molecular weight excluding hydrogens is 488 g/mol. The van der Waals surface area contributed by atoms with Crippen LogP contribution < -0.4 is 3.27 Å². The van der Waals surface area contributed by atoms with E-state index in [2.05, 4.69) is 0 Å². The average molecular weight is 492 g/mol. The number of benzene rings is 1. The van der Waals surface area contributed by atoms with E-state index >= 15 is 0 Å². The Balaban J connectivity index is 3.20. The Morgan fingerprint density at radius 3 is 1.26 bits per heavy atom. The second kappa shape index (κ2) is 5.11. The second-order valence-electron chi connectivity index (χ2n) is 3.32. The minimum atomic E-state index is -6.16. The van der Waals surface area contributed by atoms with Crippen LogP contribution in [0.5, 0.6) is 0 Å². The van der Waals surface area contributed by atoms with Crippen LogP contribution in [0.15, 0.2) is 24.3 Å². The first-order valence-corrected chi connectivity index (χ1v) is 9.66. The molecule has 0 spiro atoms. The predicted octanol–water partition coefficient (Wildman–Crippen LogP) is 3.61. The summed E-state index contributed by atoms with van der Waals surface area (Å²) >= 11 is -6.16. The van der Waals surface area contributed by atoms with Crippen LogP contribution in [0.25, 0.3) is 0 Å². The van der Waals surface area contributed by atoms with Crippen molar-refractivity contribution in [2.75, 3.05) is 0 Å². The van der Waals surface area contributed by atoms with Crippen LogP contribution in [-0.2, 0) is 6.18 Å². The van der Waals surface area contributed by atoms with Crippen LogP contribution >= 0.6 is 0 Å². The molecule has 0 N–H and O–H groups in total. The third-order valence-electron chi connectivity index (χ3n) is 1.96. The zero-order valence-corrected chi connectivity index (χ0v) is 12.1. The fraction of sp³-hybridized carbons (Fsp3) is 0.333. The Kier molecular flexibility index (Phi) is 4.44. The minimum absolute atomic E-state index is 0.231. The monoisotopic (exact) mass is 492 g/mol. The first kappa shape index (κ1) is 16.5. The topological polar surface area (TPSA) is 0 Å². The zero-order chi connectivity index (χ0) is 15.1. The fourth-order valence-corrected chi connectivity index (χ4v) is 6.37. The van der Waals surface area contributed by atoms with Crippen molar-refractivity contribution in [2.24, 2.45) is 0 Å². The molecule has 1 aromatic rings. The SMILES string of the molecule is FC(F)(F)c1cc[c]([Bi]([C](F)(F)F)[C](F)(F)F)cc1. The number of rotatable bonds is 1. The van der Waals surface area contributed by atoms with Crippen LogP contribution in [0.4, 0.5) is 39.5 Å². The summed E-state index contributed by atoms with van der Waals surface area (Å²) in [4.78, 5) is 0. The molecule has 0 atom stereocenters. The molecule has 0 unspecified atom stereocenters. The molecule has 10 heteroatoms. The molecule has 1 aromatic carbocycles. The summed E-state index contributed by atoms with van der Waals surface area (Å²) < 4.78 is 98.9. The number of alkyl halides is 9. The summed E-state index contributed by atoms with van der Waals surface area (Å²) in [7, 11) is 0. The average Bonchev–Trinajstić information content (AvgIpc) is 2.12. The molecule has 19 heavy (non-hydrogen) atoms. The molecule has 108 valence electrons. The molecule has 0 bridgehead atoms. The summed E-state index contributed by atoms with van der Waals surface area (Å²) in [5.41, 5.74) is -1.29. The van der Waals surface area contributed by atoms with Crippen molar-refractivity contribution < 1.29 is 39.5 Å². The first-order chi connectivity index (χ1) is 8.33. The van der Waals surface area contributed by atoms with E-state index in [1.165, 1.54) is 0 Å². The van der Waals surface area contributed by atoms with Gasteiger partial charge in [-0.3, -0.25) is 0 Å². The van der Waals surface area contributed by atoms with E-state index in [0.717, 1.165) is 0 Å². The van der Waals surface area contributed by atoms with Crippen molar-refractivity contribution in [3.05, 3.63) is 29.8 Å². The maximum absolute atomic E-state index is 12.4. The summed E-state index contributed by atoms with van der Waals surface area (Å²) in [5.74, 6) is 0. The van der Waals surface area contributed by atoms with Crippen LogP contribution in [0.2, 0.25) is 0 Å². The molecule has 0 aliphatic rings. The van der Waals surface area contributed by atoms with Crippen molar-refractivity contribution in [3.8, 4) is 0 Å². The third kappa shape index (κ3) is 4.22. The molecule has 0 aliphatic carbocycles. The van der Waals surface area contributed by atoms with Gasteiger partial charge in [0.25, 0.3) is 0 Å². The van der Waals surface area contributed by atoms with Crippen LogP contribution in [0, 0.1) is 0 Å². The summed E-state index contributed by atoms with van der Waals surface area (Å²) in [5, 5.41) is 0. The van der Waals surface area contributed by atoms with E-state index in [0.29, 0.717) is 0 Å². The van der Waals surface area contributed by atoms with Gasteiger partial charge in [-0.25, -0.2) is 0 Å². The van der Waals surface area contributed by atoms with Crippen molar-refractivity contribution in [2.45, 2.75) is 13.9 Å². The zero-order valence-electron chi connectivity index (χ0n) is 8.66. The van der Waals surface area contributed by atoms with E-state index in [1.54, 1.807) is 0 Å². The normalized spacial score (nSPS) is 14.0. The molecule has 0 saturated heterocycles. The van der Waals surface area contributed by atoms with Gasteiger partial charge in [0.1, 0.15) is 0 Å². The molecule has 0 radical (unpaired) electrons. The molecule has 0 aliphatic heterocycles. The van der Waals surface area contributed by atoms with Gasteiger partial charge in [-0.1, -0.05) is 0 Å². The van der Waals surface area contributed by atoms with Crippen LogP contribution in [-0.4, -0.2) is 29.5 Å². The van der Waals surface area contributed by atoms with Crippen LogP contribution in [0.3, 0.4) is 0 Å². The number of halogens is 9. The van der Waals surface area contributed by atoms with Gasteiger partial charge in [0.05, 0.1) is 0 Å². The van der Waals surface area contributed by atoms with E-state index in [9.17, 15) is 39.5 Å². The van der Waals surface area contributed by atoms with E-state index < -0.39 is 44.5 Å². The van der Waals surface area contributed by atoms with Crippen molar-refractivity contribution in [1.29, 1.82) is 0 Å². The quantitative estimate of drug-likeness (QED) is 0.416. The molecule has 0 nitrogen and oxygen atoms in total. The van der Waals surface area contributed by atoms with Gasteiger partial charge in [-0.2, -0.15) is 0 Å². The molecule has 0 aromatic heterocycles. The van der Waals surface area contributed by atoms with Crippen molar-refractivity contribution >= 4 is 25.0 Å². The molecule has 0 saturated carbocycles. The van der Waals surface area contributed by atoms with Gasteiger partial charge < -0.3 is 0 Å². The number of hydrogen-bond acceptors (Lipinski definition) is 0. The van der Waals surface area contributed by atoms with Gasteiger partial charge in [-0.15, -0.1) is 0 Å². The summed E-state index contributed by atoms with van der Waals surface area (Å²) in [6.45, 7) is 0. The molecule has 0 fully saturated rings. The Labute approximate surface area is 108 Å². The predicted molar refractivity (Wildman–Crippen MR) is 48.9 cm³/mol. The van der Waals surface area contributed by atoms with Crippen molar-refractivity contribution in [3.63, 3.8) is 0 Å². The molecule has 0 heterocycles. The third-order valence-corrected chi connectivity index (χ3v) is 9.07. The van der Waals surface area contributed by atoms with E-state index in [-0.39, 0.29) is 24.3 Å². The first-order valence-electron chi connectivity index (χ1n) is 4.44. The molecular formula is C9H4BiF9. The van der Waals surface area contributed by atoms with Gasteiger partial charge in [0.2, 0.25) is 0 Å². The van der Waals surface area contributed by atoms with E-state index in [1.807, 2.05) is 0 Å². The summed E-state index contributed by atoms with van der Waals surface area (Å²) in [6.07, 6.45) is -4.81. The number of hydrogen-bond donors (Lipinski definition) is 0. The molecule has 1 rings (SSSR count). The van der Waals surface area contributed by atoms with Crippen LogP contribution in [0.1, 0.15) is 5.56 Å². The standard InChI is InChI=1S/C7H4F3.2CF3.Bi/c8-7(9,10)6-4-2-1-3-5-6;2*2-1(3)4;/h2-5H;;;. The Morgan fingerprint density at radius 2 is 1.00 bits per heavy atom. The Bertz CT molecular complexity index is 411.